The molecule has 0 amide bonds. The van der Waals surface area contributed by atoms with Crippen molar-refractivity contribution in [1.82, 2.24) is 9.55 Å². The van der Waals surface area contributed by atoms with Crippen LogP contribution in [0.3, 0.4) is 0 Å². The van der Waals surface area contributed by atoms with Crippen LogP contribution in [0.4, 0.5) is 0 Å². The predicted octanol–water partition coefficient (Wildman–Crippen LogP) is 3.65. The summed E-state index contributed by atoms with van der Waals surface area (Å²) in [6.07, 6.45) is 8.37. The van der Waals surface area contributed by atoms with Gasteiger partial charge >= 0.3 is 0 Å². The van der Waals surface area contributed by atoms with Gasteiger partial charge in [0.2, 0.25) is 0 Å². The van der Waals surface area contributed by atoms with Gasteiger partial charge in [-0.25, -0.2) is 4.98 Å². The summed E-state index contributed by atoms with van der Waals surface area (Å²) in [7, 11) is 0. The van der Waals surface area contributed by atoms with Crippen molar-refractivity contribution in [3.05, 3.63) is 30.1 Å². The second-order valence-corrected chi connectivity index (χ2v) is 8.18. The van der Waals surface area contributed by atoms with Crippen molar-refractivity contribution >= 4 is 11.0 Å². The fourth-order valence-electron chi connectivity index (χ4n) is 4.96. The number of hydrogen-bond acceptors (Lipinski definition) is 3. The topological polar surface area (TPSA) is 54.1 Å². The Bertz CT molecular complexity index is 838. The van der Waals surface area contributed by atoms with Crippen LogP contribution >= 0.6 is 0 Å². The first-order chi connectivity index (χ1) is 11.1. The van der Waals surface area contributed by atoms with Gasteiger partial charge in [0, 0.05) is 6.54 Å². The van der Waals surface area contributed by atoms with E-state index in [1.165, 1.54) is 25.7 Å². The molecule has 0 N–H and O–H groups in total. The van der Waals surface area contributed by atoms with E-state index in [1.807, 2.05) is 24.5 Å². The molecule has 3 aliphatic rings. The smallest absolute Gasteiger partial charge is 0.0992 e. The van der Waals surface area contributed by atoms with Gasteiger partial charge < -0.3 is 9.30 Å². The van der Waals surface area contributed by atoms with Crippen molar-refractivity contribution in [3.8, 4) is 6.07 Å². The maximum absolute atomic E-state index is 9.17. The molecule has 1 aromatic carbocycles. The van der Waals surface area contributed by atoms with Gasteiger partial charge in [0.15, 0.2) is 0 Å². The van der Waals surface area contributed by atoms with E-state index in [4.69, 9.17) is 4.74 Å². The summed E-state index contributed by atoms with van der Waals surface area (Å²) in [5.41, 5.74) is 3.71. The van der Waals surface area contributed by atoms with Crippen molar-refractivity contribution in [1.29, 1.82) is 5.26 Å². The third-order valence-electron chi connectivity index (χ3n) is 6.73. The van der Waals surface area contributed by atoms with E-state index < -0.39 is 0 Å². The number of imidazole rings is 1. The van der Waals surface area contributed by atoms with Gasteiger partial charge in [0.1, 0.15) is 0 Å². The van der Waals surface area contributed by atoms with E-state index >= 15 is 0 Å². The van der Waals surface area contributed by atoms with Crippen molar-refractivity contribution in [2.45, 2.75) is 51.2 Å². The van der Waals surface area contributed by atoms with Gasteiger partial charge in [-0.1, -0.05) is 6.92 Å². The Balaban J connectivity index is 1.54. The summed E-state index contributed by atoms with van der Waals surface area (Å²) in [6, 6.07) is 8.00. The Hall–Kier alpha value is -1.86. The van der Waals surface area contributed by atoms with E-state index in [0.29, 0.717) is 11.0 Å². The highest BCUT2D eigenvalue weighted by Gasteiger charge is 2.65. The molecular formula is C19H21N3O. The molecule has 1 saturated heterocycles. The van der Waals surface area contributed by atoms with Crippen LogP contribution in [0.15, 0.2) is 24.5 Å². The highest BCUT2D eigenvalue weighted by atomic mass is 16.6. The number of aromatic nitrogens is 2. The zero-order chi connectivity index (χ0) is 15.7. The molecule has 2 aliphatic carbocycles. The van der Waals surface area contributed by atoms with E-state index in [9.17, 15) is 5.26 Å². The molecule has 2 spiro atoms. The van der Waals surface area contributed by atoms with E-state index in [1.54, 1.807) is 0 Å². The summed E-state index contributed by atoms with van der Waals surface area (Å²) >= 11 is 0. The van der Waals surface area contributed by atoms with Gasteiger partial charge in [-0.15, -0.1) is 0 Å². The van der Waals surface area contributed by atoms with Crippen LogP contribution in [-0.2, 0) is 11.3 Å². The average molecular weight is 307 g/mol. The molecule has 2 saturated carbocycles. The standard InChI is InChI=1S/C19H21N3O/c1-17(10-19(12-23-19)7-6-18(17)4-5-18)11-22-13-21-15-3-2-14(9-20)8-16(15)22/h2-3,8,13H,4-7,10-12H2,1H3/t17-,19-/m1/s1. The van der Waals surface area contributed by atoms with Gasteiger partial charge in [-0.3, -0.25) is 0 Å². The monoisotopic (exact) mass is 307 g/mol. The molecule has 0 bridgehead atoms. The highest BCUT2D eigenvalue weighted by Crippen LogP contribution is 2.70. The van der Waals surface area contributed by atoms with Crippen LogP contribution in [0.25, 0.3) is 11.0 Å². The normalized spacial score (nSPS) is 33.9. The largest absolute Gasteiger partial charge is 0.370 e. The Kier molecular flexibility index (Phi) is 2.45. The zero-order valence-corrected chi connectivity index (χ0v) is 13.5. The van der Waals surface area contributed by atoms with Gasteiger partial charge in [-0.2, -0.15) is 5.26 Å². The van der Waals surface area contributed by atoms with E-state index in [2.05, 4.69) is 22.5 Å². The van der Waals surface area contributed by atoms with Crippen molar-refractivity contribution in [2.24, 2.45) is 10.8 Å². The minimum absolute atomic E-state index is 0.177. The molecule has 118 valence electrons. The Morgan fingerprint density at radius 2 is 2.09 bits per heavy atom. The number of epoxide rings is 1. The number of nitriles is 1. The average Bonchev–Trinajstić information content (AvgIpc) is 3.45. The zero-order valence-electron chi connectivity index (χ0n) is 13.5. The fourth-order valence-corrected chi connectivity index (χ4v) is 4.96. The molecule has 3 fully saturated rings. The summed E-state index contributed by atoms with van der Waals surface area (Å²) in [5.74, 6) is 0. The fraction of sp³-hybridized carbons (Fsp3) is 0.579. The molecule has 23 heavy (non-hydrogen) atoms. The predicted molar refractivity (Wildman–Crippen MR) is 86.8 cm³/mol. The first-order valence-electron chi connectivity index (χ1n) is 8.56. The second kappa shape index (κ2) is 4.15. The lowest BCUT2D eigenvalue weighted by Crippen LogP contribution is -2.43. The van der Waals surface area contributed by atoms with Crippen molar-refractivity contribution in [2.75, 3.05) is 6.61 Å². The molecular weight excluding hydrogens is 286 g/mol. The SMILES string of the molecule is C[C@]1(Cn2cnc3ccc(C#N)cc32)C[C@]2(CCC13CC3)CO2. The molecule has 1 aliphatic heterocycles. The summed E-state index contributed by atoms with van der Waals surface area (Å²) in [6.45, 7) is 4.37. The second-order valence-electron chi connectivity index (χ2n) is 8.18. The first kappa shape index (κ1) is 13.6. The molecule has 4 heteroatoms. The van der Waals surface area contributed by atoms with Crippen LogP contribution in [0, 0.1) is 22.2 Å². The summed E-state index contributed by atoms with van der Waals surface area (Å²) in [4.78, 5) is 4.53. The molecule has 1 aromatic heterocycles. The quantitative estimate of drug-likeness (QED) is 0.796. The number of fused-ring (bicyclic) bond motifs is 1. The van der Waals surface area contributed by atoms with Crippen LogP contribution < -0.4 is 0 Å². The minimum Gasteiger partial charge on any atom is -0.370 e. The van der Waals surface area contributed by atoms with Gasteiger partial charge in [0.25, 0.3) is 0 Å². The Morgan fingerprint density at radius 3 is 2.78 bits per heavy atom. The van der Waals surface area contributed by atoms with Crippen LogP contribution in [0.2, 0.25) is 0 Å². The molecule has 2 aromatic rings. The highest BCUT2D eigenvalue weighted by molar-refractivity contribution is 5.77. The number of ether oxygens (including phenoxy) is 1. The third kappa shape index (κ3) is 1.89. The third-order valence-corrected chi connectivity index (χ3v) is 6.73. The Morgan fingerprint density at radius 1 is 1.30 bits per heavy atom. The molecule has 0 radical (unpaired) electrons. The lowest BCUT2D eigenvalue weighted by Gasteiger charge is -2.45. The molecule has 0 unspecified atom stereocenters. The minimum atomic E-state index is 0.177. The van der Waals surface area contributed by atoms with Crippen LogP contribution in [-0.4, -0.2) is 21.8 Å². The molecule has 2 heterocycles. The van der Waals surface area contributed by atoms with Crippen molar-refractivity contribution in [3.63, 3.8) is 0 Å². The number of nitrogens with zero attached hydrogens (tertiary/aromatic N) is 3. The first-order valence-corrected chi connectivity index (χ1v) is 8.56. The molecule has 2 atom stereocenters. The lowest BCUT2D eigenvalue weighted by molar-refractivity contribution is 0.0219. The van der Waals surface area contributed by atoms with Crippen LogP contribution in [0.5, 0.6) is 0 Å². The van der Waals surface area contributed by atoms with Gasteiger partial charge in [-0.05, 0) is 61.1 Å². The van der Waals surface area contributed by atoms with Crippen molar-refractivity contribution < 1.29 is 4.74 Å². The maximum atomic E-state index is 9.17. The summed E-state index contributed by atoms with van der Waals surface area (Å²) < 4.78 is 8.09. The lowest BCUT2D eigenvalue weighted by atomic mass is 9.61. The van der Waals surface area contributed by atoms with Gasteiger partial charge in [0.05, 0.1) is 41.2 Å². The van der Waals surface area contributed by atoms with E-state index in [0.717, 1.165) is 30.6 Å². The number of benzene rings is 1. The Labute approximate surface area is 136 Å². The number of rotatable bonds is 2. The van der Waals surface area contributed by atoms with E-state index in [-0.39, 0.29) is 11.0 Å². The maximum Gasteiger partial charge on any atom is 0.0992 e. The molecule has 5 rings (SSSR count). The van der Waals surface area contributed by atoms with Crippen LogP contribution in [0.1, 0.15) is 44.6 Å². The number of hydrogen-bond donors (Lipinski definition) is 0. The molecule has 4 nitrogen and oxygen atoms in total. The summed E-state index contributed by atoms with van der Waals surface area (Å²) in [5, 5.41) is 9.17.